The molecular formula is C27H36N10O2. The molecule has 0 aliphatic heterocycles. The molecule has 2 atom stereocenters. The van der Waals surface area contributed by atoms with Gasteiger partial charge in [0.05, 0.1) is 6.04 Å². The van der Waals surface area contributed by atoms with Crippen LogP contribution in [0.25, 0.3) is 22.8 Å². The molecule has 4 aromatic heterocycles. The summed E-state index contributed by atoms with van der Waals surface area (Å²) in [6.07, 6.45) is 13.7. The second-order valence-electron chi connectivity index (χ2n) is 11.3. The lowest BCUT2D eigenvalue weighted by Gasteiger charge is -2.32. The highest BCUT2D eigenvalue weighted by atomic mass is 16.5. The first-order valence-corrected chi connectivity index (χ1v) is 14.1. The van der Waals surface area contributed by atoms with E-state index in [1.54, 1.807) is 0 Å². The molecule has 2 fully saturated rings. The van der Waals surface area contributed by atoms with Crippen molar-refractivity contribution in [2.24, 2.45) is 17.8 Å². The Hall–Kier alpha value is -3.83. The molecule has 4 aromatic rings. The minimum absolute atomic E-state index is 0.0715. The van der Waals surface area contributed by atoms with Crippen molar-refractivity contribution in [3.8, 4) is 11.6 Å². The van der Waals surface area contributed by atoms with Gasteiger partial charge in [0, 0.05) is 30.5 Å². The zero-order valence-electron chi connectivity index (χ0n) is 22.7. The molecule has 206 valence electrons. The van der Waals surface area contributed by atoms with E-state index in [1.165, 1.54) is 51.3 Å². The number of hydrogen-bond acceptors (Lipinski definition) is 10. The topological polar surface area (TPSA) is 152 Å². The summed E-state index contributed by atoms with van der Waals surface area (Å²) in [6.45, 7) is 7.43. The van der Waals surface area contributed by atoms with E-state index in [0.29, 0.717) is 23.3 Å². The number of fused-ring (bicyclic) bond motifs is 1. The SMILES string of the molecule is CC1CCC(Cn2c(NC(C)c3cncnc3)nc3nc(-c4nc(=O)o[nH]4)nc(N[C@H](C)C4CCC4)c32)CC1. The van der Waals surface area contributed by atoms with Gasteiger partial charge in [-0.25, -0.2) is 24.7 Å². The first-order valence-electron chi connectivity index (χ1n) is 14.1. The van der Waals surface area contributed by atoms with Gasteiger partial charge in [0.25, 0.3) is 0 Å². The van der Waals surface area contributed by atoms with E-state index in [9.17, 15) is 4.79 Å². The van der Waals surface area contributed by atoms with Crippen molar-refractivity contribution in [1.82, 2.24) is 39.6 Å². The van der Waals surface area contributed by atoms with Crippen LogP contribution in [0.1, 0.15) is 77.3 Å². The average Bonchev–Trinajstić information content (AvgIpc) is 3.48. The van der Waals surface area contributed by atoms with Gasteiger partial charge in [-0.2, -0.15) is 10.1 Å². The molecule has 1 unspecified atom stereocenters. The highest BCUT2D eigenvalue weighted by Crippen LogP contribution is 2.36. The Morgan fingerprint density at radius 2 is 1.79 bits per heavy atom. The zero-order valence-corrected chi connectivity index (χ0v) is 22.7. The number of nitrogens with zero attached hydrogens (tertiary/aromatic N) is 7. The van der Waals surface area contributed by atoms with Crippen LogP contribution in [0.3, 0.4) is 0 Å². The molecule has 4 heterocycles. The molecule has 2 aliphatic carbocycles. The number of H-pyrrole nitrogens is 1. The minimum atomic E-state index is -0.718. The van der Waals surface area contributed by atoms with E-state index in [4.69, 9.17) is 19.5 Å². The molecule has 12 heteroatoms. The van der Waals surface area contributed by atoms with E-state index in [-0.39, 0.29) is 23.7 Å². The van der Waals surface area contributed by atoms with Gasteiger partial charge >= 0.3 is 5.76 Å². The van der Waals surface area contributed by atoms with Gasteiger partial charge in [0.1, 0.15) is 11.8 Å². The quantitative estimate of drug-likeness (QED) is 0.280. The van der Waals surface area contributed by atoms with Crippen molar-refractivity contribution in [3.63, 3.8) is 0 Å². The molecule has 39 heavy (non-hydrogen) atoms. The molecule has 0 bridgehead atoms. The van der Waals surface area contributed by atoms with Gasteiger partial charge < -0.3 is 19.7 Å². The van der Waals surface area contributed by atoms with E-state index in [2.05, 4.69) is 56.1 Å². The van der Waals surface area contributed by atoms with Crippen LogP contribution in [-0.4, -0.2) is 45.7 Å². The van der Waals surface area contributed by atoms with Crippen molar-refractivity contribution < 1.29 is 4.52 Å². The minimum Gasteiger partial charge on any atom is -0.365 e. The van der Waals surface area contributed by atoms with E-state index in [1.807, 2.05) is 12.4 Å². The third-order valence-electron chi connectivity index (χ3n) is 8.48. The first kappa shape index (κ1) is 25.4. The van der Waals surface area contributed by atoms with E-state index in [0.717, 1.165) is 29.5 Å². The fraction of sp³-hybridized carbons (Fsp3) is 0.593. The molecule has 0 radical (unpaired) electrons. The normalized spacial score (nSPS) is 21.4. The van der Waals surface area contributed by atoms with Gasteiger partial charge in [-0.1, -0.05) is 26.2 Å². The lowest BCUT2D eigenvalue weighted by molar-refractivity contribution is 0.267. The highest BCUT2D eigenvalue weighted by Gasteiger charge is 2.28. The Kier molecular flexibility index (Phi) is 7.01. The summed E-state index contributed by atoms with van der Waals surface area (Å²) in [5, 5.41) is 9.81. The lowest BCUT2D eigenvalue weighted by Crippen LogP contribution is -2.31. The van der Waals surface area contributed by atoms with Crippen LogP contribution < -0.4 is 16.4 Å². The smallest absolute Gasteiger partial charge is 0.365 e. The van der Waals surface area contributed by atoms with Gasteiger partial charge in [-0.05, 0) is 57.3 Å². The van der Waals surface area contributed by atoms with Crippen molar-refractivity contribution in [1.29, 1.82) is 0 Å². The van der Waals surface area contributed by atoms with Gasteiger partial charge in [0.2, 0.25) is 17.6 Å². The summed E-state index contributed by atoms with van der Waals surface area (Å²) in [7, 11) is 0. The Bertz CT molecular complexity index is 1470. The maximum absolute atomic E-state index is 11.7. The van der Waals surface area contributed by atoms with E-state index >= 15 is 0 Å². The Labute approximate surface area is 226 Å². The molecule has 2 aliphatic rings. The standard InChI is InChI=1S/C27H36N10O2/c1-15-7-9-18(10-8-15)13-37-21-22(30-16(2)19-5-4-6-19)32-24(25-35-27(38)39-36-25)33-23(21)34-26(37)31-17(3)20-11-28-14-29-12-20/h11-12,14-19H,4-10,13H2,1-3H3,(H,35,36,38)(H2,30,31,32,33,34)/t15?,16-,17?,18?/m1/s1. The Morgan fingerprint density at radius 1 is 1.03 bits per heavy atom. The van der Waals surface area contributed by atoms with Crippen molar-refractivity contribution in [2.75, 3.05) is 10.6 Å². The third-order valence-corrected chi connectivity index (χ3v) is 8.48. The second kappa shape index (κ2) is 10.7. The molecule has 6 rings (SSSR count). The summed E-state index contributed by atoms with van der Waals surface area (Å²) in [5.41, 5.74) is 2.36. The predicted molar refractivity (Wildman–Crippen MR) is 147 cm³/mol. The summed E-state index contributed by atoms with van der Waals surface area (Å²) in [6, 6.07) is 0.162. The summed E-state index contributed by atoms with van der Waals surface area (Å²) >= 11 is 0. The van der Waals surface area contributed by atoms with Crippen LogP contribution in [0, 0.1) is 17.8 Å². The predicted octanol–water partition coefficient (Wildman–Crippen LogP) is 4.56. The molecule has 12 nitrogen and oxygen atoms in total. The molecular weight excluding hydrogens is 496 g/mol. The number of rotatable bonds is 9. The van der Waals surface area contributed by atoms with Gasteiger partial charge in [-0.15, -0.1) is 4.98 Å². The fourth-order valence-electron chi connectivity index (χ4n) is 5.71. The lowest BCUT2D eigenvalue weighted by atomic mass is 9.80. The molecule has 0 aromatic carbocycles. The fourth-order valence-corrected chi connectivity index (χ4v) is 5.71. The first-order chi connectivity index (χ1) is 18.9. The van der Waals surface area contributed by atoms with Crippen molar-refractivity contribution in [2.45, 2.75) is 84.3 Å². The molecule has 0 saturated heterocycles. The number of anilines is 2. The van der Waals surface area contributed by atoms with Gasteiger partial charge in [-0.3, -0.25) is 0 Å². The molecule has 0 spiro atoms. The van der Waals surface area contributed by atoms with Crippen LogP contribution >= 0.6 is 0 Å². The maximum Gasteiger partial charge on any atom is 0.460 e. The zero-order chi connectivity index (χ0) is 26.9. The summed E-state index contributed by atoms with van der Waals surface area (Å²) in [5.74, 6) is 3.05. The second-order valence-corrected chi connectivity index (χ2v) is 11.3. The Balaban J connectivity index is 1.45. The van der Waals surface area contributed by atoms with Crippen LogP contribution in [0.4, 0.5) is 11.8 Å². The number of imidazole rings is 1. The average molecular weight is 533 g/mol. The summed E-state index contributed by atoms with van der Waals surface area (Å²) in [4.78, 5) is 38.5. The largest absolute Gasteiger partial charge is 0.460 e. The van der Waals surface area contributed by atoms with Crippen LogP contribution in [-0.2, 0) is 6.54 Å². The monoisotopic (exact) mass is 532 g/mol. The highest BCUT2D eigenvalue weighted by molar-refractivity contribution is 5.87. The summed E-state index contributed by atoms with van der Waals surface area (Å²) < 4.78 is 7.05. The van der Waals surface area contributed by atoms with Crippen LogP contribution in [0.15, 0.2) is 28.0 Å². The molecule has 2 saturated carbocycles. The van der Waals surface area contributed by atoms with Gasteiger partial charge in [0.15, 0.2) is 11.5 Å². The number of aromatic amines is 1. The molecule has 0 amide bonds. The maximum atomic E-state index is 11.7. The number of hydrogen-bond donors (Lipinski definition) is 3. The number of aromatic nitrogens is 8. The van der Waals surface area contributed by atoms with Crippen molar-refractivity contribution >= 4 is 22.9 Å². The third kappa shape index (κ3) is 5.37. The van der Waals surface area contributed by atoms with Crippen LogP contribution in [0.2, 0.25) is 0 Å². The van der Waals surface area contributed by atoms with Crippen molar-refractivity contribution in [3.05, 3.63) is 34.8 Å². The number of nitrogens with one attached hydrogen (secondary N) is 3. The van der Waals surface area contributed by atoms with Crippen LogP contribution in [0.5, 0.6) is 0 Å². The Morgan fingerprint density at radius 3 is 2.46 bits per heavy atom. The van der Waals surface area contributed by atoms with E-state index < -0.39 is 5.76 Å². The molecule has 3 N–H and O–H groups in total.